The molecule has 0 radical (unpaired) electrons. The summed E-state index contributed by atoms with van der Waals surface area (Å²) < 4.78 is 0. The smallest absolute Gasteiger partial charge is 0.307 e. The molecule has 1 fully saturated rings. The summed E-state index contributed by atoms with van der Waals surface area (Å²) in [4.78, 5) is 23.9. The highest BCUT2D eigenvalue weighted by molar-refractivity contribution is 7.13. The third kappa shape index (κ3) is 2.44. The van der Waals surface area contributed by atoms with Crippen LogP contribution in [0.1, 0.15) is 6.42 Å². The fourth-order valence-electron chi connectivity index (χ4n) is 2.22. The Morgan fingerprint density at radius 2 is 1.95 bits per heavy atom. The highest BCUT2D eigenvalue weighted by atomic mass is 32.1. The first kappa shape index (κ1) is 12.9. The van der Waals surface area contributed by atoms with E-state index in [0.717, 1.165) is 16.1 Å². The number of thiophene rings is 1. The van der Waals surface area contributed by atoms with Crippen molar-refractivity contribution in [2.45, 2.75) is 6.42 Å². The van der Waals surface area contributed by atoms with Crippen molar-refractivity contribution in [3.63, 3.8) is 0 Å². The molecule has 1 heterocycles. The molecule has 1 aliphatic rings. The average Bonchev–Trinajstić information content (AvgIpc) is 3.08. The molecule has 1 aromatic carbocycles. The molecule has 0 bridgehead atoms. The Morgan fingerprint density at radius 3 is 2.60 bits per heavy atom. The van der Waals surface area contributed by atoms with E-state index in [1.165, 1.54) is 0 Å². The van der Waals surface area contributed by atoms with Crippen LogP contribution in [0.2, 0.25) is 0 Å². The van der Waals surface area contributed by atoms with Gasteiger partial charge in [0.15, 0.2) is 0 Å². The molecule has 102 valence electrons. The molecule has 1 aliphatic carbocycles. The van der Waals surface area contributed by atoms with Gasteiger partial charge in [-0.05, 0) is 23.9 Å². The molecule has 2 unspecified atom stereocenters. The molecule has 4 nitrogen and oxygen atoms in total. The summed E-state index contributed by atoms with van der Waals surface area (Å²) in [6.07, 6.45) is 0.433. The Morgan fingerprint density at radius 1 is 1.15 bits per heavy atom. The molecule has 20 heavy (non-hydrogen) atoms. The minimum atomic E-state index is -0.892. The van der Waals surface area contributed by atoms with Gasteiger partial charge in [0.25, 0.3) is 0 Å². The van der Waals surface area contributed by atoms with Gasteiger partial charge in [0.2, 0.25) is 5.91 Å². The monoisotopic (exact) mass is 287 g/mol. The number of aliphatic carboxylic acids is 1. The fourth-order valence-corrected chi connectivity index (χ4v) is 2.99. The zero-order valence-corrected chi connectivity index (χ0v) is 11.4. The zero-order chi connectivity index (χ0) is 14.1. The number of carbonyl (C=O) groups is 2. The summed E-state index contributed by atoms with van der Waals surface area (Å²) in [5.41, 5.74) is 1.69. The molecule has 0 saturated heterocycles. The zero-order valence-electron chi connectivity index (χ0n) is 10.6. The topological polar surface area (TPSA) is 66.4 Å². The van der Waals surface area contributed by atoms with Gasteiger partial charge >= 0.3 is 5.97 Å². The Labute approximate surface area is 120 Å². The van der Waals surface area contributed by atoms with Gasteiger partial charge < -0.3 is 10.4 Å². The van der Waals surface area contributed by atoms with Crippen molar-refractivity contribution in [2.24, 2.45) is 11.8 Å². The lowest BCUT2D eigenvalue weighted by molar-refractivity contribution is -0.139. The number of amides is 1. The van der Waals surface area contributed by atoms with Crippen LogP contribution in [0.5, 0.6) is 0 Å². The van der Waals surface area contributed by atoms with Crippen molar-refractivity contribution in [3.8, 4) is 10.4 Å². The highest BCUT2D eigenvalue weighted by Crippen LogP contribution is 2.40. The molecule has 1 saturated carbocycles. The predicted octanol–water partition coefficient (Wildman–Crippen LogP) is 3.07. The second kappa shape index (κ2) is 5.09. The molecule has 2 N–H and O–H groups in total. The van der Waals surface area contributed by atoms with Crippen molar-refractivity contribution < 1.29 is 14.7 Å². The maximum absolute atomic E-state index is 12.0. The van der Waals surface area contributed by atoms with Crippen LogP contribution < -0.4 is 5.32 Å². The van der Waals surface area contributed by atoms with Gasteiger partial charge in [-0.2, -0.15) is 0 Å². The second-order valence-corrected chi connectivity index (χ2v) is 5.75. The first-order valence-electron chi connectivity index (χ1n) is 6.33. The van der Waals surface area contributed by atoms with E-state index in [2.05, 4.69) is 5.32 Å². The van der Waals surface area contributed by atoms with Crippen molar-refractivity contribution in [2.75, 3.05) is 5.32 Å². The number of rotatable bonds is 4. The maximum atomic E-state index is 12.0. The van der Waals surface area contributed by atoms with Gasteiger partial charge in [-0.1, -0.05) is 24.3 Å². The van der Waals surface area contributed by atoms with E-state index < -0.39 is 17.8 Å². The van der Waals surface area contributed by atoms with Gasteiger partial charge in [-0.25, -0.2) is 0 Å². The highest BCUT2D eigenvalue weighted by Gasteiger charge is 2.48. The number of carboxylic acids is 1. The fraction of sp³-hybridized carbons (Fsp3) is 0.200. The largest absolute Gasteiger partial charge is 0.481 e. The Bertz CT molecular complexity index is 651. The molecule has 2 aromatic rings. The molecule has 3 rings (SSSR count). The van der Waals surface area contributed by atoms with Crippen LogP contribution in [0.3, 0.4) is 0 Å². The molecular weight excluding hydrogens is 274 g/mol. The molecule has 0 aliphatic heterocycles. The van der Waals surface area contributed by atoms with Crippen molar-refractivity contribution >= 4 is 28.9 Å². The predicted molar refractivity (Wildman–Crippen MR) is 77.6 cm³/mol. The van der Waals surface area contributed by atoms with Gasteiger partial charge in [-0.3, -0.25) is 9.59 Å². The van der Waals surface area contributed by atoms with Crippen LogP contribution in [-0.4, -0.2) is 17.0 Å². The van der Waals surface area contributed by atoms with E-state index in [-0.39, 0.29) is 5.91 Å². The minimum absolute atomic E-state index is 0.207. The average molecular weight is 287 g/mol. The normalized spacial score (nSPS) is 20.4. The van der Waals surface area contributed by atoms with Crippen LogP contribution in [0.15, 0.2) is 41.8 Å². The van der Waals surface area contributed by atoms with E-state index >= 15 is 0 Å². The summed E-state index contributed by atoms with van der Waals surface area (Å²) in [7, 11) is 0. The molecular formula is C15H13NO3S. The van der Waals surface area contributed by atoms with E-state index in [9.17, 15) is 9.59 Å². The number of nitrogens with one attached hydrogen (secondary N) is 1. The summed E-state index contributed by atoms with van der Waals surface area (Å²) >= 11 is 1.60. The number of hydrogen-bond donors (Lipinski definition) is 2. The number of benzene rings is 1. The van der Waals surface area contributed by atoms with E-state index in [0.29, 0.717) is 6.42 Å². The Hall–Kier alpha value is -2.14. The number of para-hydroxylation sites is 1. The van der Waals surface area contributed by atoms with Gasteiger partial charge in [0.05, 0.1) is 11.8 Å². The van der Waals surface area contributed by atoms with Crippen molar-refractivity contribution in [1.29, 1.82) is 0 Å². The Kier molecular flexibility index (Phi) is 3.28. The minimum Gasteiger partial charge on any atom is -0.481 e. The quantitative estimate of drug-likeness (QED) is 0.908. The molecule has 5 heteroatoms. The first-order chi connectivity index (χ1) is 9.66. The number of carbonyl (C=O) groups excluding carboxylic acids is 1. The van der Waals surface area contributed by atoms with Gasteiger partial charge in [0.1, 0.15) is 0 Å². The number of hydrogen-bond acceptors (Lipinski definition) is 3. The lowest BCUT2D eigenvalue weighted by atomic mass is 10.1. The van der Waals surface area contributed by atoms with Crippen LogP contribution >= 0.6 is 11.3 Å². The van der Waals surface area contributed by atoms with E-state index in [1.54, 1.807) is 11.3 Å². The lowest BCUT2D eigenvalue weighted by Gasteiger charge is -2.09. The molecule has 1 amide bonds. The maximum Gasteiger partial charge on any atom is 0.307 e. The van der Waals surface area contributed by atoms with Gasteiger partial charge in [-0.15, -0.1) is 11.3 Å². The van der Waals surface area contributed by atoms with Crippen LogP contribution in [0, 0.1) is 11.8 Å². The van der Waals surface area contributed by atoms with Crippen molar-refractivity contribution in [3.05, 3.63) is 41.8 Å². The third-order valence-electron chi connectivity index (χ3n) is 3.42. The van der Waals surface area contributed by atoms with Crippen LogP contribution in [0.25, 0.3) is 10.4 Å². The summed E-state index contributed by atoms with van der Waals surface area (Å²) in [5, 5.41) is 13.7. The van der Waals surface area contributed by atoms with Gasteiger partial charge in [0, 0.05) is 16.1 Å². The summed E-state index contributed by atoms with van der Waals surface area (Å²) in [5.74, 6) is -2.02. The first-order valence-corrected chi connectivity index (χ1v) is 7.21. The Balaban J connectivity index is 1.79. The second-order valence-electron chi connectivity index (χ2n) is 4.80. The SMILES string of the molecule is O=C(O)C1CC1C(=O)Nc1ccccc1-c1cccs1. The van der Waals surface area contributed by atoms with Crippen LogP contribution in [-0.2, 0) is 9.59 Å². The molecule has 0 spiro atoms. The van der Waals surface area contributed by atoms with Crippen molar-refractivity contribution in [1.82, 2.24) is 0 Å². The van der Waals surface area contributed by atoms with E-state index in [1.807, 2.05) is 41.8 Å². The van der Waals surface area contributed by atoms with E-state index in [4.69, 9.17) is 5.11 Å². The summed E-state index contributed by atoms with van der Waals surface area (Å²) in [6.45, 7) is 0. The van der Waals surface area contributed by atoms with Crippen LogP contribution in [0.4, 0.5) is 5.69 Å². The standard InChI is InChI=1S/C15H13NO3S/c17-14(10-8-11(10)15(18)19)16-12-5-2-1-4-9(12)13-6-3-7-20-13/h1-7,10-11H,8H2,(H,16,17)(H,18,19). The number of anilines is 1. The molecule has 2 atom stereocenters. The third-order valence-corrected chi connectivity index (χ3v) is 4.32. The molecule has 1 aromatic heterocycles. The lowest BCUT2D eigenvalue weighted by Crippen LogP contribution is -2.17. The number of carboxylic acid groups (broad SMARTS) is 1. The summed E-state index contributed by atoms with van der Waals surface area (Å²) in [6, 6.07) is 11.5.